The number of nitrogen functional groups attached to an aromatic ring is 1. The molecule has 0 atom stereocenters. The van der Waals surface area contributed by atoms with Crippen LogP contribution in [0.3, 0.4) is 0 Å². The lowest BCUT2D eigenvalue weighted by Crippen LogP contribution is -2.42. The van der Waals surface area contributed by atoms with E-state index in [0.717, 1.165) is 74.3 Å². The Morgan fingerprint density at radius 1 is 1.15 bits per heavy atom. The summed E-state index contributed by atoms with van der Waals surface area (Å²) in [5.74, 6) is 1.15. The standard InChI is InChI=1S/C25H38N4O3S/c1-5-7-9-29(10-8-6-2)24(30)21-20(26)19-17-15-25(3,4)32-16-18(17)22(27-23(19)33-21)28-11-13-31-14-12-28/h5-16,26H2,1-4H3/p+1. The van der Waals surface area contributed by atoms with Crippen LogP contribution in [0.5, 0.6) is 0 Å². The Labute approximate surface area is 201 Å². The number of carbonyl (C=O) groups is 1. The lowest BCUT2D eigenvalue weighted by Gasteiger charge is -2.33. The molecule has 1 fully saturated rings. The first-order valence-corrected chi connectivity index (χ1v) is 13.2. The summed E-state index contributed by atoms with van der Waals surface area (Å²) in [6.45, 7) is 13.8. The summed E-state index contributed by atoms with van der Waals surface area (Å²) in [6.07, 6.45) is 4.92. The minimum Gasteiger partial charge on any atom is -0.397 e. The number of rotatable bonds is 8. The van der Waals surface area contributed by atoms with E-state index in [2.05, 4.69) is 37.6 Å². The zero-order valence-electron chi connectivity index (χ0n) is 20.6. The van der Waals surface area contributed by atoms with Gasteiger partial charge < -0.3 is 20.1 Å². The molecule has 182 valence electrons. The summed E-state index contributed by atoms with van der Waals surface area (Å²) in [5, 5.41) is 1.01. The highest BCUT2D eigenvalue weighted by molar-refractivity contribution is 7.20. The second kappa shape index (κ2) is 10.2. The highest BCUT2D eigenvalue weighted by atomic mass is 32.1. The van der Waals surface area contributed by atoms with Crippen LogP contribution in [0.15, 0.2) is 0 Å². The number of hydrogen-bond acceptors (Lipinski definition) is 6. The van der Waals surface area contributed by atoms with Crippen molar-refractivity contribution in [3.8, 4) is 0 Å². The number of fused-ring (bicyclic) bond motifs is 3. The Kier molecular flexibility index (Phi) is 7.46. The molecule has 2 aromatic rings. The van der Waals surface area contributed by atoms with Crippen molar-refractivity contribution in [1.29, 1.82) is 0 Å². The van der Waals surface area contributed by atoms with Gasteiger partial charge in [-0.3, -0.25) is 9.69 Å². The highest BCUT2D eigenvalue weighted by Gasteiger charge is 2.37. The van der Waals surface area contributed by atoms with Crippen molar-refractivity contribution in [2.24, 2.45) is 0 Å². The van der Waals surface area contributed by atoms with Gasteiger partial charge in [0.1, 0.15) is 18.0 Å². The number of nitrogens with zero attached hydrogens (tertiary/aromatic N) is 2. The molecule has 1 saturated heterocycles. The second-order valence-electron chi connectivity index (χ2n) is 9.80. The summed E-state index contributed by atoms with van der Waals surface area (Å²) in [5.41, 5.74) is 9.49. The van der Waals surface area contributed by atoms with E-state index in [4.69, 9.17) is 15.2 Å². The van der Waals surface area contributed by atoms with Crippen LogP contribution in [-0.4, -0.2) is 55.8 Å². The maximum absolute atomic E-state index is 13.6. The molecule has 0 saturated carbocycles. The zero-order valence-corrected chi connectivity index (χ0v) is 21.4. The van der Waals surface area contributed by atoms with Gasteiger partial charge in [-0.25, -0.2) is 4.98 Å². The second-order valence-corrected chi connectivity index (χ2v) is 10.8. The van der Waals surface area contributed by atoms with Gasteiger partial charge in [0.15, 0.2) is 4.83 Å². The maximum atomic E-state index is 13.6. The molecule has 2 aromatic heterocycles. The largest absolute Gasteiger partial charge is 0.397 e. The minimum absolute atomic E-state index is 0.0667. The Balaban J connectivity index is 1.80. The number of ether oxygens (including phenoxy) is 2. The van der Waals surface area contributed by atoms with Crippen LogP contribution in [0.4, 0.5) is 11.5 Å². The van der Waals surface area contributed by atoms with Crippen molar-refractivity contribution < 1.29 is 19.3 Å². The third-order valence-electron chi connectivity index (χ3n) is 6.71. The summed E-state index contributed by atoms with van der Waals surface area (Å²) >= 11 is 1.51. The minimum atomic E-state index is -0.267. The number of anilines is 2. The Morgan fingerprint density at radius 2 is 1.82 bits per heavy atom. The molecule has 0 radical (unpaired) electrons. The third kappa shape index (κ3) is 4.98. The molecule has 7 nitrogen and oxygen atoms in total. The van der Waals surface area contributed by atoms with Crippen LogP contribution >= 0.6 is 11.3 Å². The number of hydrogen-bond donors (Lipinski definition) is 1. The topological polar surface area (TPSA) is 82.2 Å². The molecule has 2 aliphatic heterocycles. The van der Waals surface area contributed by atoms with Crippen LogP contribution in [0.2, 0.25) is 0 Å². The predicted octanol–water partition coefficient (Wildman–Crippen LogP) is 4.03. The number of nitrogens with one attached hydrogen (secondary N) is 1. The molecule has 0 spiro atoms. The number of pyridine rings is 1. The zero-order chi connectivity index (χ0) is 23.6. The molecule has 0 aromatic carbocycles. The molecule has 2 aliphatic rings. The first-order valence-electron chi connectivity index (χ1n) is 12.4. The van der Waals surface area contributed by atoms with Crippen LogP contribution in [0.25, 0.3) is 10.2 Å². The van der Waals surface area contributed by atoms with Gasteiger partial charge in [0.25, 0.3) is 11.7 Å². The van der Waals surface area contributed by atoms with Crippen molar-refractivity contribution >= 4 is 39.0 Å². The van der Waals surface area contributed by atoms with Crippen molar-refractivity contribution in [3.63, 3.8) is 0 Å². The molecular formula is C25H39N4O3S+. The van der Waals surface area contributed by atoms with E-state index in [1.165, 1.54) is 22.5 Å². The Morgan fingerprint density at radius 3 is 2.45 bits per heavy atom. The molecule has 0 aliphatic carbocycles. The fourth-order valence-corrected chi connectivity index (χ4v) is 5.89. The summed E-state index contributed by atoms with van der Waals surface area (Å²) in [7, 11) is 0. The van der Waals surface area contributed by atoms with Gasteiger partial charge in [0.2, 0.25) is 0 Å². The molecule has 4 rings (SSSR count). The van der Waals surface area contributed by atoms with Gasteiger partial charge in [-0.2, -0.15) is 0 Å². The number of amides is 1. The number of aromatic amines is 1. The molecule has 3 N–H and O–H groups in total. The quantitative estimate of drug-likeness (QED) is 0.623. The van der Waals surface area contributed by atoms with E-state index < -0.39 is 0 Å². The molecule has 0 bridgehead atoms. The average molecular weight is 476 g/mol. The highest BCUT2D eigenvalue weighted by Crippen LogP contribution is 2.42. The van der Waals surface area contributed by atoms with Crippen molar-refractivity contribution in [1.82, 2.24) is 4.90 Å². The summed E-state index contributed by atoms with van der Waals surface area (Å²) in [6, 6.07) is 0. The lowest BCUT2D eigenvalue weighted by atomic mass is 9.89. The molecule has 0 unspecified atom stereocenters. The van der Waals surface area contributed by atoms with E-state index in [1.807, 2.05) is 4.90 Å². The summed E-state index contributed by atoms with van der Waals surface area (Å²) < 4.78 is 11.8. The van der Waals surface area contributed by atoms with Gasteiger partial charge in [-0.15, -0.1) is 0 Å². The smallest absolute Gasteiger partial charge is 0.281 e. The number of carbonyl (C=O) groups excluding carboxylic acids is 1. The van der Waals surface area contributed by atoms with Crippen LogP contribution in [0.1, 0.15) is 74.2 Å². The first kappa shape index (κ1) is 24.2. The molecule has 4 heterocycles. The number of morpholine rings is 1. The van der Waals surface area contributed by atoms with E-state index in [1.54, 1.807) is 0 Å². The van der Waals surface area contributed by atoms with E-state index in [0.29, 0.717) is 30.4 Å². The van der Waals surface area contributed by atoms with Crippen LogP contribution < -0.4 is 15.6 Å². The monoisotopic (exact) mass is 475 g/mol. The van der Waals surface area contributed by atoms with E-state index >= 15 is 0 Å². The fourth-order valence-electron chi connectivity index (χ4n) is 4.78. The van der Waals surface area contributed by atoms with Gasteiger partial charge in [0.05, 0.1) is 42.1 Å². The lowest BCUT2D eigenvalue weighted by molar-refractivity contribution is -0.329. The van der Waals surface area contributed by atoms with Gasteiger partial charge in [0, 0.05) is 19.5 Å². The normalized spacial score (nSPS) is 17.9. The van der Waals surface area contributed by atoms with Crippen molar-refractivity contribution in [3.05, 3.63) is 16.0 Å². The van der Waals surface area contributed by atoms with Gasteiger partial charge in [-0.1, -0.05) is 38.0 Å². The Hall–Kier alpha value is -1.90. The number of thiophene rings is 1. The number of H-pyrrole nitrogens is 1. The fraction of sp³-hybridized carbons (Fsp3) is 0.680. The van der Waals surface area contributed by atoms with Crippen molar-refractivity contribution in [2.45, 2.75) is 72.0 Å². The predicted molar refractivity (Wildman–Crippen MR) is 134 cm³/mol. The van der Waals surface area contributed by atoms with Gasteiger partial charge >= 0.3 is 0 Å². The summed E-state index contributed by atoms with van der Waals surface area (Å²) in [4.78, 5) is 23.3. The molecule has 8 heteroatoms. The molecule has 33 heavy (non-hydrogen) atoms. The molecular weight excluding hydrogens is 436 g/mol. The number of nitrogens with two attached hydrogens (primary N) is 1. The average Bonchev–Trinajstić information content (AvgIpc) is 3.14. The maximum Gasteiger partial charge on any atom is 0.281 e. The van der Waals surface area contributed by atoms with Crippen LogP contribution in [-0.2, 0) is 22.5 Å². The molecule has 1 amide bonds. The van der Waals surface area contributed by atoms with Crippen LogP contribution in [0, 0.1) is 0 Å². The van der Waals surface area contributed by atoms with E-state index in [9.17, 15) is 4.79 Å². The Bertz CT molecular complexity index is 989. The third-order valence-corrected chi connectivity index (χ3v) is 7.82. The van der Waals surface area contributed by atoms with Crippen molar-refractivity contribution in [2.75, 3.05) is 50.0 Å². The first-order chi connectivity index (χ1) is 15.9. The number of aromatic nitrogens is 1. The number of unbranched alkanes of at least 4 members (excludes halogenated alkanes) is 2. The van der Waals surface area contributed by atoms with Gasteiger partial charge in [-0.05, 0) is 32.3 Å². The van der Waals surface area contributed by atoms with E-state index in [-0.39, 0.29) is 11.5 Å². The SMILES string of the molecule is CCCCN(CCCC)C(=O)c1sc2[nH+]c(N3CCOCC3)c3c(c2c1N)CC(C)(C)OC3.